The fraction of sp³-hybridized carbons (Fsp3) is 0.235. The summed E-state index contributed by atoms with van der Waals surface area (Å²) in [6, 6.07) is 6.09. The Bertz CT molecular complexity index is 1040. The van der Waals surface area contributed by atoms with E-state index in [1.54, 1.807) is 32.3 Å². The van der Waals surface area contributed by atoms with Crippen LogP contribution in [-0.2, 0) is 13.0 Å². The Morgan fingerprint density at radius 2 is 1.79 bits per heavy atom. The van der Waals surface area contributed by atoms with E-state index in [0.717, 1.165) is 11.9 Å². The minimum atomic E-state index is -5.86. The molecule has 0 saturated heterocycles. The quantitative estimate of drug-likeness (QED) is 0.311. The number of nitrogens with one attached hydrogen (secondary N) is 1. The number of aromatic nitrogens is 4. The molecule has 0 aliphatic heterocycles. The molecule has 5 nitrogen and oxygen atoms in total. The predicted molar refractivity (Wildman–Crippen MR) is 99.9 cm³/mol. The average Bonchev–Trinajstić information content (AvgIpc) is 3.04. The van der Waals surface area contributed by atoms with E-state index in [0.29, 0.717) is 10.5 Å². The molecule has 3 rings (SSSR count). The molecule has 0 saturated carbocycles. The summed E-state index contributed by atoms with van der Waals surface area (Å²) in [5, 5.41) is 2.97. The lowest BCUT2D eigenvalue weighted by molar-refractivity contribution is -0.289. The molecule has 154 valence electrons. The summed E-state index contributed by atoms with van der Waals surface area (Å²) in [5.74, 6) is -5.46. The van der Waals surface area contributed by atoms with Crippen LogP contribution in [0.5, 0.6) is 0 Å². The number of rotatable bonds is 5. The molecule has 12 heteroatoms. The third-order valence-electron chi connectivity index (χ3n) is 3.88. The van der Waals surface area contributed by atoms with E-state index in [9.17, 15) is 22.0 Å². The number of aryl methyl sites for hydroxylation is 2. The van der Waals surface area contributed by atoms with Gasteiger partial charge in [-0.25, -0.2) is 4.98 Å². The van der Waals surface area contributed by atoms with Gasteiger partial charge < -0.3 is 0 Å². The molecule has 0 aliphatic rings. The van der Waals surface area contributed by atoms with Crippen LogP contribution in [0.15, 0.2) is 41.6 Å². The van der Waals surface area contributed by atoms with Crippen molar-refractivity contribution in [3.63, 3.8) is 0 Å². The highest BCUT2D eigenvalue weighted by atomic mass is 35.5. The molecule has 1 N–H and O–H groups in total. The number of alkyl halides is 5. The molecule has 0 spiro atoms. The minimum absolute atomic E-state index is 0.0881. The van der Waals surface area contributed by atoms with Crippen molar-refractivity contribution in [2.45, 2.75) is 23.9 Å². The van der Waals surface area contributed by atoms with E-state index in [-0.39, 0.29) is 11.5 Å². The van der Waals surface area contributed by atoms with Gasteiger partial charge in [0.25, 0.3) is 0 Å². The molecule has 0 atom stereocenters. The van der Waals surface area contributed by atoms with Crippen molar-refractivity contribution >= 4 is 29.5 Å². The Hall–Kier alpha value is -2.40. The SMILES string of the molecule is Cc1ccccc1-c1nc(NSc2cnn(C)c2)nc(Cl)c1C(F)(F)C(F)(F)F. The fourth-order valence-electron chi connectivity index (χ4n) is 2.49. The van der Waals surface area contributed by atoms with Crippen LogP contribution >= 0.6 is 23.5 Å². The van der Waals surface area contributed by atoms with Gasteiger partial charge in [-0.1, -0.05) is 35.9 Å². The van der Waals surface area contributed by atoms with E-state index in [1.807, 2.05) is 0 Å². The first-order valence-electron chi connectivity index (χ1n) is 8.00. The minimum Gasteiger partial charge on any atom is -0.294 e. The number of halogens is 6. The molecular formula is C17H13ClF5N5S. The number of benzene rings is 1. The van der Waals surface area contributed by atoms with Crippen LogP contribution in [0.3, 0.4) is 0 Å². The molecule has 0 radical (unpaired) electrons. The lowest BCUT2D eigenvalue weighted by Crippen LogP contribution is -2.35. The average molecular weight is 450 g/mol. The Kier molecular flexibility index (Phi) is 5.72. The Morgan fingerprint density at radius 3 is 2.38 bits per heavy atom. The van der Waals surface area contributed by atoms with Crippen LogP contribution in [0.25, 0.3) is 11.3 Å². The van der Waals surface area contributed by atoms with Gasteiger partial charge in [-0.05, 0) is 24.4 Å². The van der Waals surface area contributed by atoms with Crippen molar-refractivity contribution in [3.8, 4) is 11.3 Å². The fourth-order valence-corrected chi connectivity index (χ4v) is 3.38. The van der Waals surface area contributed by atoms with Gasteiger partial charge in [-0.3, -0.25) is 9.40 Å². The summed E-state index contributed by atoms with van der Waals surface area (Å²) in [7, 11) is 1.70. The molecule has 2 aromatic heterocycles. The first-order chi connectivity index (χ1) is 13.5. The smallest absolute Gasteiger partial charge is 0.294 e. The van der Waals surface area contributed by atoms with Gasteiger partial charge in [0, 0.05) is 18.8 Å². The maximum Gasteiger partial charge on any atom is 0.458 e. The highest BCUT2D eigenvalue weighted by Crippen LogP contribution is 2.49. The highest BCUT2D eigenvalue weighted by Gasteiger charge is 2.61. The molecule has 0 amide bonds. The third kappa shape index (κ3) is 4.30. The summed E-state index contributed by atoms with van der Waals surface area (Å²) in [4.78, 5) is 8.18. The first kappa shape index (κ1) is 21.3. The second-order valence-electron chi connectivity index (χ2n) is 6.00. The maximum absolute atomic E-state index is 14.3. The van der Waals surface area contributed by atoms with Crippen LogP contribution in [0.1, 0.15) is 11.1 Å². The zero-order valence-electron chi connectivity index (χ0n) is 14.9. The topological polar surface area (TPSA) is 55.6 Å². The second-order valence-corrected chi connectivity index (χ2v) is 7.24. The van der Waals surface area contributed by atoms with E-state index < -0.39 is 28.5 Å². The van der Waals surface area contributed by atoms with Crippen LogP contribution in [0.4, 0.5) is 27.9 Å². The van der Waals surface area contributed by atoms with Crippen molar-refractivity contribution in [1.82, 2.24) is 19.7 Å². The normalized spacial score (nSPS) is 12.3. The van der Waals surface area contributed by atoms with E-state index >= 15 is 0 Å². The van der Waals surface area contributed by atoms with Gasteiger partial charge in [0.05, 0.1) is 22.3 Å². The van der Waals surface area contributed by atoms with E-state index in [4.69, 9.17) is 11.6 Å². The van der Waals surface area contributed by atoms with Crippen molar-refractivity contribution in [2.24, 2.45) is 7.05 Å². The number of hydrogen-bond acceptors (Lipinski definition) is 5. The summed E-state index contributed by atoms with van der Waals surface area (Å²) in [6.45, 7) is 1.57. The van der Waals surface area contributed by atoms with Gasteiger partial charge in [0.2, 0.25) is 5.95 Å². The zero-order chi connectivity index (χ0) is 21.4. The molecule has 1 aromatic carbocycles. The second kappa shape index (κ2) is 7.79. The van der Waals surface area contributed by atoms with E-state index in [2.05, 4.69) is 19.8 Å². The largest absolute Gasteiger partial charge is 0.458 e. The molecule has 0 bridgehead atoms. The lowest BCUT2D eigenvalue weighted by Gasteiger charge is -2.23. The Morgan fingerprint density at radius 1 is 1.10 bits per heavy atom. The van der Waals surface area contributed by atoms with Crippen LogP contribution in [0, 0.1) is 6.92 Å². The zero-order valence-corrected chi connectivity index (χ0v) is 16.5. The summed E-state index contributed by atoms with van der Waals surface area (Å²) < 4.78 is 72.0. The van der Waals surface area contributed by atoms with Crippen molar-refractivity contribution in [2.75, 3.05) is 4.72 Å². The predicted octanol–water partition coefficient (Wildman–Crippen LogP) is 5.61. The van der Waals surface area contributed by atoms with Gasteiger partial charge in [0.15, 0.2) is 0 Å². The Labute approximate surface area is 171 Å². The molecular weight excluding hydrogens is 437 g/mol. The van der Waals surface area contributed by atoms with Crippen LogP contribution < -0.4 is 4.72 Å². The van der Waals surface area contributed by atoms with Gasteiger partial charge in [0.1, 0.15) is 5.15 Å². The van der Waals surface area contributed by atoms with E-state index in [1.165, 1.54) is 23.0 Å². The van der Waals surface area contributed by atoms with Crippen molar-refractivity contribution in [3.05, 3.63) is 52.9 Å². The number of nitrogens with zero attached hydrogens (tertiary/aromatic N) is 4. The van der Waals surface area contributed by atoms with Crippen molar-refractivity contribution < 1.29 is 22.0 Å². The highest BCUT2D eigenvalue weighted by molar-refractivity contribution is 8.00. The molecule has 0 fully saturated rings. The first-order valence-corrected chi connectivity index (χ1v) is 9.20. The Balaban J connectivity index is 2.12. The molecule has 0 aliphatic carbocycles. The van der Waals surface area contributed by atoms with Gasteiger partial charge >= 0.3 is 12.1 Å². The number of hydrogen-bond donors (Lipinski definition) is 1. The van der Waals surface area contributed by atoms with Gasteiger partial charge in [-0.15, -0.1) is 0 Å². The van der Waals surface area contributed by atoms with Crippen LogP contribution in [0.2, 0.25) is 5.15 Å². The van der Waals surface area contributed by atoms with Crippen LogP contribution in [-0.4, -0.2) is 25.9 Å². The standard InChI is InChI=1S/C17H13ClF5N5S/c1-9-5-3-4-6-11(9)13-12(16(19,20)17(21,22)23)14(18)26-15(25-13)27-29-10-7-24-28(2)8-10/h3-8H,1-2H3,(H,25,26,27). The third-order valence-corrected chi connectivity index (χ3v) is 4.88. The monoisotopic (exact) mass is 449 g/mol. The molecule has 2 heterocycles. The van der Waals surface area contributed by atoms with Crippen molar-refractivity contribution in [1.29, 1.82) is 0 Å². The molecule has 29 heavy (non-hydrogen) atoms. The summed E-state index contributed by atoms with van der Waals surface area (Å²) in [5.41, 5.74) is -1.55. The van der Waals surface area contributed by atoms with Gasteiger partial charge in [-0.2, -0.15) is 32.0 Å². The lowest BCUT2D eigenvalue weighted by atomic mass is 9.98. The summed E-state index contributed by atoms with van der Waals surface area (Å²) in [6.07, 6.45) is -2.68. The molecule has 3 aromatic rings. The maximum atomic E-state index is 14.3. The molecule has 0 unspecified atom stereocenters. The number of anilines is 1. The summed E-state index contributed by atoms with van der Waals surface area (Å²) >= 11 is 6.82.